The topological polar surface area (TPSA) is 124 Å². The highest BCUT2D eigenvalue weighted by Gasteiger charge is 2.38. The summed E-state index contributed by atoms with van der Waals surface area (Å²) in [5, 5.41) is 14.7. The normalized spacial score (nSPS) is 17.4. The number of carbonyl (C=O) groups excluding carboxylic acids is 2. The molecule has 3 heterocycles. The van der Waals surface area contributed by atoms with Crippen molar-refractivity contribution in [3.63, 3.8) is 0 Å². The lowest BCUT2D eigenvalue weighted by atomic mass is 10.1. The monoisotopic (exact) mass is 605 g/mol. The van der Waals surface area contributed by atoms with Crippen LogP contribution in [-0.2, 0) is 14.4 Å². The Balaban J connectivity index is 0.000000493. The Hall–Kier alpha value is -3.94. The number of hydrogen-bond acceptors (Lipinski definition) is 7. The van der Waals surface area contributed by atoms with Crippen molar-refractivity contribution in [3.05, 3.63) is 70.2 Å². The predicted molar refractivity (Wildman–Crippen MR) is 152 cm³/mol. The van der Waals surface area contributed by atoms with Crippen LogP contribution in [0.25, 0.3) is 17.0 Å². The van der Waals surface area contributed by atoms with Gasteiger partial charge in [-0.2, -0.15) is 13.2 Å². The molecule has 0 bridgehead atoms. The molecule has 3 N–H and O–H groups in total. The number of fused-ring (bicyclic) bond motifs is 1. The number of carboxylic acid groups (broad SMARTS) is 1. The largest absolute Gasteiger partial charge is 0.490 e. The highest BCUT2D eigenvalue weighted by atomic mass is 35.5. The average molecular weight is 606 g/mol. The summed E-state index contributed by atoms with van der Waals surface area (Å²) in [6.45, 7) is 2.28. The minimum Gasteiger partial charge on any atom is -0.475 e. The number of pyridine rings is 1. The molecule has 0 spiro atoms. The van der Waals surface area contributed by atoms with Crippen molar-refractivity contribution in [2.24, 2.45) is 4.99 Å². The summed E-state index contributed by atoms with van der Waals surface area (Å²) in [6.07, 6.45) is 0.760. The van der Waals surface area contributed by atoms with Crippen LogP contribution in [-0.4, -0.2) is 63.8 Å². The molecule has 14 heteroatoms. The van der Waals surface area contributed by atoms with Gasteiger partial charge in [0.2, 0.25) is 5.91 Å². The third kappa shape index (κ3) is 8.52. The predicted octanol–water partition coefficient (Wildman–Crippen LogP) is 5.45. The second-order valence-electron chi connectivity index (χ2n) is 8.94. The summed E-state index contributed by atoms with van der Waals surface area (Å²) in [7, 11) is 0. The Morgan fingerprint density at radius 3 is 2.61 bits per heavy atom. The van der Waals surface area contributed by atoms with Gasteiger partial charge in [0, 0.05) is 17.3 Å². The Morgan fingerprint density at radius 1 is 1.17 bits per heavy atom. The smallest absolute Gasteiger partial charge is 0.475 e. The third-order valence-electron chi connectivity index (χ3n) is 5.84. The van der Waals surface area contributed by atoms with E-state index in [1.165, 1.54) is 11.8 Å². The van der Waals surface area contributed by atoms with Crippen molar-refractivity contribution in [1.82, 2.24) is 15.2 Å². The molecule has 2 fully saturated rings. The molecule has 5 rings (SSSR count). The molecule has 1 aromatic heterocycles. The summed E-state index contributed by atoms with van der Waals surface area (Å²) < 4.78 is 31.7. The lowest BCUT2D eigenvalue weighted by molar-refractivity contribution is -0.192. The number of anilines is 1. The van der Waals surface area contributed by atoms with Gasteiger partial charge in [-0.25, -0.2) is 9.79 Å². The van der Waals surface area contributed by atoms with Crippen molar-refractivity contribution < 1.29 is 32.7 Å². The van der Waals surface area contributed by atoms with E-state index >= 15 is 0 Å². The van der Waals surface area contributed by atoms with Gasteiger partial charge in [0.1, 0.15) is 0 Å². The SMILES string of the molecule is O=C(CN1CCCC1)Nc1ccc(Cl)c(N=C2NC(=O)C(=Cc3ccc4ncccc4c3)S2)c1.O=C(O)C(F)(F)F. The number of aliphatic imine (C=N–C) groups is 1. The first-order valence-corrected chi connectivity index (χ1v) is 13.4. The molecule has 0 saturated carbocycles. The number of aromatic nitrogens is 1. The molecule has 2 aliphatic heterocycles. The van der Waals surface area contributed by atoms with Crippen molar-refractivity contribution in [1.29, 1.82) is 0 Å². The van der Waals surface area contributed by atoms with Crippen molar-refractivity contribution in [2.75, 3.05) is 25.0 Å². The Bertz CT molecular complexity index is 1540. The number of nitrogens with zero attached hydrogens (tertiary/aromatic N) is 3. The lowest BCUT2D eigenvalue weighted by Crippen LogP contribution is -2.30. The van der Waals surface area contributed by atoms with Crippen LogP contribution in [0.1, 0.15) is 18.4 Å². The first kappa shape index (κ1) is 30.0. The number of aliphatic carboxylic acids is 1. The molecular weight excluding hydrogens is 583 g/mol. The minimum absolute atomic E-state index is 0.0674. The van der Waals surface area contributed by atoms with Gasteiger partial charge >= 0.3 is 12.1 Å². The van der Waals surface area contributed by atoms with Gasteiger partial charge in [-0.3, -0.25) is 19.5 Å². The van der Waals surface area contributed by atoms with E-state index in [1.807, 2.05) is 36.4 Å². The second-order valence-corrected chi connectivity index (χ2v) is 10.4. The van der Waals surface area contributed by atoms with Gasteiger partial charge in [0.25, 0.3) is 5.91 Å². The molecule has 0 aliphatic carbocycles. The van der Waals surface area contributed by atoms with E-state index in [0.29, 0.717) is 33.0 Å². The number of carboxylic acids is 1. The third-order valence-corrected chi connectivity index (χ3v) is 7.07. The highest BCUT2D eigenvalue weighted by molar-refractivity contribution is 8.18. The minimum atomic E-state index is -5.08. The van der Waals surface area contributed by atoms with Crippen LogP contribution >= 0.6 is 23.4 Å². The maximum atomic E-state index is 12.5. The van der Waals surface area contributed by atoms with Gasteiger partial charge < -0.3 is 15.7 Å². The number of benzene rings is 2. The van der Waals surface area contributed by atoms with Crippen LogP contribution in [0.2, 0.25) is 5.02 Å². The van der Waals surface area contributed by atoms with Crippen LogP contribution in [0.4, 0.5) is 24.5 Å². The number of likely N-dealkylation sites (tertiary alicyclic amines) is 1. The molecule has 41 heavy (non-hydrogen) atoms. The Morgan fingerprint density at radius 2 is 1.90 bits per heavy atom. The zero-order valence-electron chi connectivity index (χ0n) is 21.2. The van der Waals surface area contributed by atoms with Gasteiger partial charge in [0.05, 0.1) is 27.7 Å². The zero-order chi connectivity index (χ0) is 29.6. The molecule has 2 aromatic carbocycles. The first-order valence-electron chi connectivity index (χ1n) is 12.2. The molecule has 0 atom stereocenters. The Kier molecular flexibility index (Phi) is 9.63. The number of carbonyl (C=O) groups is 3. The van der Waals surface area contributed by atoms with Crippen LogP contribution in [0.5, 0.6) is 0 Å². The summed E-state index contributed by atoms with van der Waals surface area (Å²) in [4.78, 5) is 45.3. The van der Waals surface area contributed by atoms with Crippen molar-refractivity contribution in [3.8, 4) is 0 Å². The average Bonchev–Trinajstić information content (AvgIpc) is 3.55. The summed E-state index contributed by atoms with van der Waals surface area (Å²) in [5.74, 6) is -3.05. The molecule has 214 valence electrons. The van der Waals surface area contributed by atoms with Gasteiger partial charge in [-0.1, -0.05) is 23.7 Å². The molecule has 3 aromatic rings. The number of amides is 2. The number of amidine groups is 1. The van der Waals surface area contributed by atoms with E-state index in [-0.39, 0.29) is 11.8 Å². The zero-order valence-corrected chi connectivity index (χ0v) is 22.8. The standard InChI is InChI=1S/C25H22ClN5O2S.C2HF3O2/c26-19-7-6-18(28-23(32)15-31-10-1-2-11-31)14-21(19)29-25-30-24(33)22(34-25)13-16-5-8-20-17(12-16)4-3-9-27-20;3-2(4,5)1(6)7/h3-9,12-14H,1-2,10-11,15H2,(H,28,32)(H,29,30,33);(H,6,7). The fourth-order valence-electron chi connectivity index (χ4n) is 3.95. The fraction of sp³-hybridized carbons (Fsp3) is 0.222. The lowest BCUT2D eigenvalue weighted by Gasteiger charge is -2.14. The van der Waals surface area contributed by atoms with Crippen molar-refractivity contribution >= 4 is 74.7 Å². The van der Waals surface area contributed by atoms with E-state index in [9.17, 15) is 22.8 Å². The van der Waals surface area contributed by atoms with Crippen LogP contribution in [0, 0.1) is 0 Å². The number of hydrogen-bond donors (Lipinski definition) is 3. The fourth-order valence-corrected chi connectivity index (χ4v) is 4.94. The van der Waals surface area contributed by atoms with E-state index < -0.39 is 12.1 Å². The highest BCUT2D eigenvalue weighted by Crippen LogP contribution is 2.33. The number of alkyl halides is 3. The number of rotatable bonds is 5. The molecule has 9 nitrogen and oxygen atoms in total. The summed E-state index contributed by atoms with van der Waals surface area (Å²) in [5.41, 5.74) is 2.89. The quantitative estimate of drug-likeness (QED) is 0.331. The number of thioether (sulfide) groups is 1. The van der Waals surface area contributed by atoms with Crippen LogP contribution < -0.4 is 10.6 Å². The number of nitrogens with one attached hydrogen (secondary N) is 2. The molecule has 0 unspecified atom stereocenters. The molecule has 0 radical (unpaired) electrons. The van der Waals surface area contributed by atoms with Crippen LogP contribution in [0.15, 0.2) is 64.6 Å². The van der Waals surface area contributed by atoms with E-state index in [0.717, 1.165) is 42.4 Å². The summed E-state index contributed by atoms with van der Waals surface area (Å²) >= 11 is 7.58. The molecule has 2 aliphatic rings. The molecule has 2 amide bonds. The Labute approximate surface area is 241 Å². The maximum absolute atomic E-state index is 12.5. The molecular formula is C27H23ClF3N5O4S. The van der Waals surface area contributed by atoms with Gasteiger partial charge in [-0.05, 0) is 85.7 Å². The second kappa shape index (κ2) is 13.1. The summed E-state index contributed by atoms with van der Waals surface area (Å²) in [6, 6.07) is 14.9. The number of halogens is 4. The maximum Gasteiger partial charge on any atom is 0.490 e. The van der Waals surface area contributed by atoms with Gasteiger partial charge in [0.15, 0.2) is 5.17 Å². The van der Waals surface area contributed by atoms with E-state index in [2.05, 4.69) is 25.5 Å². The van der Waals surface area contributed by atoms with Crippen molar-refractivity contribution in [2.45, 2.75) is 19.0 Å². The van der Waals surface area contributed by atoms with E-state index in [1.54, 1.807) is 24.4 Å². The first-order chi connectivity index (χ1) is 19.5. The van der Waals surface area contributed by atoms with Gasteiger partial charge in [-0.15, -0.1) is 0 Å². The molecule has 2 saturated heterocycles. The van der Waals surface area contributed by atoms with Crippen LogP contribution in [0.3, 0.4) is 0 Å². The van der Waals surface area contributed by atoms with E-state index in [4.69, 9.17) is 21.5 Å².